The van der Waals surface area contributed by atoms with Gasteiger partial charge in [-0.15, -0.1) is 0 Å². The van der Waals surface area contributed by atoms with Gasteiger partial charge in [-0.25, -0.2) is 4.98 Å². The molecule has 0 amide bonds. The standard InChI is InChI=1S/C12H14N2O2/c1-10-13-6-7-14(10)8-9-16-12-5-3-2-4-11(12)15/h2-7,15H,8-9H2,1H3. The van der Waals surface area contributed by atoms with Crippen LogP contribution < -0.4 is 4.74 Å². The van der Waals surface area contributed by atoms with E-state index in [2.05, 4.69) is 4.98 Å². The van der Waals surface area contributed by atoms with Gasteiger partial charge >= 0.3 is 0 Å². The molecule has 0 aliphatic rings. The molecule has 0 bridgehead atoms. The lowest BCUT2D eigenvalue weighted by Crippen LogP contribution is -2.08. The lowest BCUT2D eigenvalue weighted by Gasteiger charge is -2.08. The molecule has 0 radical (unpaired) electrons. The summed E-state index contributed by atoms with van der Waals surface area (Å²) in [5.41, 5.74) is 0. The van der Waals surface area contributed by atoms with E-state index < -0.39 is 0 Å². The number of hydrogen-bond donors (Lipinski definition) is 1. The molecule has 4 nitrogen and oxygen atoms in total. The second-order valence-corrected chi connectivity index (χ2v) is 3.48. The van der Waals surface area contributed by atoms with Crippen LogP contribution in [0.1, 0.15) is 5.82 Å². The number of aromatic hydroxyl groups is 1. The lowest BCUT2D eigenvalue weighted by atomic mass is 10.3. The lowest BCUT2D eigenvalue weighted by molar-refractivity contribution is 0.282. The summed E-state index contributed by atoms with van der Waals surface area (Å²) >= 11 is 0. The zero-order chi connectivity index (χ0) is 11.4. The molecular weight excluding hydrogens is 204 g/mol. The summed E-state index contributed by atoms with van der Waals surface area (Å²) in [6.07, 6.45) is 3.67. The summed E-state index contributed by atoms with van der Waals surface area (Å²) in [5.74, 6) is 1.64. The topological polar surface area (TPSA) is 47.3 Å². The smallest absolute Gasteiger partial charge is 0.161 e. The number of nitrogens with zero attached hydrogens (tertiary/aromatic N) is 2. The summed E-state index contributed by atoms with van der Waals surface area (Å²) in [6.45, 7) is 3.18. The van der Waals surface area contributed by atoms with Gasteiger partial charge in [0.05, 0.1) is 6.54 Å². The predicted molar refractivity (Wildman–Crippen MR) is 60.6 cm³/mol. The molecule has 0 saturated heterocycles. The molecule has 0 fully saturated rings. The van der Waals surface area contributed by atoms with Crippen LogP contribution in [0.2, 0.25) is 0 Å². The first kappa shape index (κ1) is 10.5. The molecule has 0 aliphatic heterocycles. The number of aromatic nitrogens is 2. The van der Waals surface area contributed by atoms with Crippen LogP contribution in [0.25, 0.3) is 0 Å². The Morgan fingerprint density at radius 3 is 2.88 bits per heavy atom. The van der Waals surface area contributed by atoms with Crippen LogP contribution in [0.3, 0.4) is 0 Å². The Kier molecular flexibility index (Phi) is 3.10. The highest BCUT2D eigenvalue weighted by Gasteiger charge is 2.01. The number of aryl methyl sites for hydroxylation is 1. The number of phenolic OH excluding ortho intramolecular Hbond substituents is 1. The average Bonchev–Trinajstić information content (AvgIpc) is 2.67. The van der Waals surface area contributed by atoms with Crippen LogP contribution in [0.4, 0.5) is 0 Å². The SMILES string of the molecule is Cc1nccn1CCOc1ccccc1O. The van der Waals surface area contributed by atoms with Crippen LogP contribution in [-0.4, -0.2) is 21.3 Å². The van der Waals surface area contributed by atoms with Crippen molar-refractivity contribution in [2.24, 2.45) is 0 Å². The monoisotopic (exact) mass is 218 g/mol. The molecule has 84 valence electrons. The Morgan fingerprint density at radius 1 is 1.38 bits per heavy atom. The number of imidazole rings is 1. The van der Waals surface area contributed by atoms with Crippen molar-refractivity contribution in [1.29, 1.82) is 0 Å². The largest absolute Gasteiger partial charge is 0.504 e. The van der Waals surface area contributed by atoms with E-state index in [-0.39, 0.29) is 5.75 Å². The number of phenols is 1. The minimum Gasteiger partial charge on any atom is -0.504 e. The fraction of sp³-hybridized carbons (Fsp3) is 0.250. The van der Waals surface area contributed by atoms with Crippen molar-refractivity contribution in [3.05, 3.63) is 42.5 Å². The van der Waals surface area contributed by atoms with E-state index >= 15 is 0 Å². The number of ether oxygens (including phenoxy) is 1. The van der Waals surface area contributed by atoms with Gasteiger partial charge in [0, 0.05) is 12.4 Å². The van der Waals surface area contributed by atoms with Gasteiger partial charge in [-0.1, -0.05) is 12.1 Å². The van der Waals surface area contributed by atoms with Crippen LogP contribution in [0.5, 0.6) is 11.5 Å². The zero-order valence-electron chi connectivity index (χ0n) is 9.13. The van der Waals surface area contributed by atoms with Crippen molar-refractivity contribution in [3.63, 3.8) is 0 Å². The molecule has 0 aliphatic carbocycles. The fourth-order valence-electron chi connectivity index (χ4n) is 1.47. The van der Waals surface area contributed by atoms with Crippen LogP contribution in [-0.2, 0) is 6.54 Å². The molecule has 16 heavy (non-hydrogen) atoms. The van der Waals surface area contributed by atoms with E-state index in [1.807, 2.05) is 23.8 Å². The Bertz CT molecular complexity index is 466. The Labute approximate surface area is 94.1 Å². The second-order valence-electron chi connectivity index (χ2n) is 3.48. The highest BCUT2D eigenvalue weighted by molar-refractivity contribution is 5.37. The zero-order valence-corrected chi connectivity index (χ0v) is 9.13. The van der Waals surface area contributed by atoms with Crippen molar-refractivity contribution in [3.8, 4) is 11.5 Å². The quantitative estimate of drug-likeness (QED) is 0.853. The molecule has 0 spiro atoms. The third-order valence-electron chi connectivity index (χ3n) is 2.38. The van der Waals surface area contributed by atoms with Gasteiger partial charge in [0.25, 0.3) is 0 Å². The van der Waals surface area contributed by atoms with Gasteiger partial charge in [-0.3, -0.25) is 0 Å². The fourth-order valence-corrected chi connectivity index (χ4v) is 1.47. The minimum atomic E-state index is 0.171. The van der Waals surface area contributed by atoms with E-state index in [4.69, 9.17) is 4.74 Å². The first-order valence-electron chi connectivity index (χ1n) is 5.16. The molecular formula is C12H14N2O2. The van der Waals surface area contributed by atoms with Crippen molar-refractivity contribution < 1.29 is 9.84 Å². The predicted octanol–water partition coefficient (Wildman–Crippen LogP) is 1.98. The number of hydrogen-bond acceptors (Lipinski definition) is 3. The Balaban J connectivity index is 1.89. The molecule has 1 heterocycles. The molecule has 1 N–H and O–H groups in total. The second kappa shape index (κ2) is 4.70. The Morgan fingerprint density at radius 2 is 2.19 bits per heavy atom. The van der Waals surface area contributed by atoms with Crippen molar-refractivity contribution in [2.75, 3.05) is 6.61 Å². The van der Waals surface area contributed by atoms with E-state index in [9.17, 15) is 5.11 Å². The van der Waals surface area contributed by atoms with Crippen molar-refractivity contribution >= 4 is 0 Å². The van der Waals surface area contributed by atoms with Gasteiger partial charge in [-0.05, 0) is 19.1 Å². The van der Waals surface area contributed by atoms with Gasteiger partial charge in [0.1, 0.15) is 12.4 Å². The maximum absolute atomic E-state index is 9.48. The van der Waals surface area contributed by atoms with Gasteiger partial charge in [-0.2, -0.15) is 0 Å². The number of rotatable bonds is 4. The van der Waals surface area contributed by atoms with Crippen molar-refractivity contribution in [1.82, 2.24) is 9.55 Å². The third kappa shape index (κ3) is 2.34. The molecule has 1 aromatic heterocycles. The minimum absolute atomic E-state index is 0.171. The molecule has 2 rings (SSSR count). The maximum Gasteiger partial charge on any atom is 0.161 e. The van der Waals surface area contributed by atoms with E-state index in [0.29, 0.717) is 12.4 Å². The van der Waals surface area contributed by atoms with E-state index in [0.717, 1.165) is 12.4 Å². The van der Waals surface area contributed by atoms with Crippen LogP contribution in [0.15, 0.2) is 36.7 Å². The highest BCUT2D eigenvalue weighted by atomic mass is 16.5. The summed E-state index contributed by atoms with van der Waals surface area (Å²) < 4.78 is 7.47. The summed E-state index contributed by atoms with van der Waals surface area (Å²) in [6, 6.07) is 6.95. The van der Waals surface area contributed by atoms with Crippen LogP contribution in [0, 0.1) is 6.92 Å². The van der Waals surface area contributed by atoms with Gasteiger partial charge in [0.15, 0.2) is 11.5 Å². The number of benzene rings is 1. The maximum atomic E-state index is 9.48. The summed E-state index contributed by atoms with van der Waals surface area (Å²) in [5, 5.41) is 9.48. The molecule has 2 aromatic rings. The first-order valence-corrected chi connectivity index (χ1v) is 5.16. The average molecular weight is 218 g/mol. The molecule has 0 atom stereocenters. The molecule has 1 aromatic carbocycles. The summed E-state index contributed by atoms with van der Waals surface area (Å²) in [4.78, 5) is 4.12. The first-order chi connectivity index (χ1) is 7.77. The van der Waals surface area contributed by atoms with Gasteiger partial charge < -0.3 is 14.4 Å². The highest BCUT2D eigenvalue weighted by Crippen LogP contribution is 2.24. The van der Waals surface area contributed by atoms with Crippen molar-refractivity contribution in [2.45, 2.75) is 13.5 Å². The third-order valence-corrected chi connectivity index (χ3v) is 2.38. The van der Waals surface area contributed by atoms with E-state index in [1.54, 1.807) is 24.4 Å². The molecule has 0 unspecified atom stereocenters. The normalized spacial score (nSPS) is 10.3. The van der Waals surface area contributed by atoms with Gasteiger partial charge in [0.2, 0.25) is 0 Å². The molecule has 0 saturated carbocycles. The Hall–Kier alpha value is -1.97. The summed E-state index contributed by atoms with van der Waals surface area (Å²) in [7, 11) is 0. The number of para-hydroxylation sites is 2. The molecule has 4 heteroatoms. The van der Waals surface area contributed by atoms with Crippen LogP contribution >= 0.6 is 0 Å². The van der Waals surface area contributed by atoms with E-state index in [1.165, 1.54) is 0 Å².